The maximum atomic E-state index is 6.14. The Hall–Kier alpha value is -1.83. The minimum Gasteiger partial charge on any atom is -0.493 e. The highest BCUT2D eigenvalue weighted by molar-refractivity contribution is 9.10. The monoisotopic (exact) mass is 427 g/mol. The van der Waals surface area contributed by atoms with Gasteiger partial charge in [-0.05, 0) is 46.3 Å². The van der Waals surface area contributed by atoms with Crippen LogP contribution in [0.4, 0.5) is 0 Å². The molecule has 0 radical (unpaired) electrons. The molecule has 24 heavy (non-hydrogen) atoms. The molecule has 0 atom stereocenters. The molecule has 0 unspecified atom stereocenters. The van der Waals surface area contributed by atoms with Crippen LogP contribution in [0.1, 0.15) is 11.1 Å². The third kappa shape index (κ3) is 5.09. The topological polar surface area (TPSA) is 68.9 Å². The molecular formula is C16H15BrClN3O2S. The van der Waals surface area contributed by atoms with Gasteiger partial charge in [-0.15, -0.1) is 0 Å². The van der Waals surface area contributed by atoms with Gasteiger partial charge >= 0.3 is 0 Å². The minimum atomic E-state index is 0.0917. The summed E-state index contributed by atoms with van der Waals surface area (Å²) in [4.78, 5) is 0. The van der Waals surface area contributed by atoms with Gasteiger partial charge < -0.3 is 15.2 Å². The number of nitrogens with two attached hydrogens (primary N) is 1. The molecule has 0 aliphatic heterocycles. The molecule has 8 heteroatoms. The summed E-state index contributed by atoms with van der Waals surface area (Å²) in [5.74, 6) is 1.16. The smallest absolute Gasteiger partial charge is 0.184 e. The van der Waals surface area contributed by atoms with Gasteiger partial charge in [-0.1, -0.05) is 29.8 Å². The summed E-state index contributed by atoms with van der Waals surface area (Å²) in [7, 11) is 1.57. The first kappa shape index (κ1) is 18.5. The third-order valence-electron chi connectivity index (χ3n) is 3.00. The van der Waals surface area contributed by atoms with Gasteiger partial charge in [-0.25, -0.2) is 0 Å². The Kier molecular flexibility index (Phi) is 6.84. The maximum absolute atomic E-state index is 6.14. The van der Waals surface area contributed by atoms with Crippen LogP contribution in [-0.2, 0) is 6.61 Å². The van der Waals surface area contributed by atoms with Crippen molar-refractivity contribution in [2.24, 2.45) is 10.8 Å². The molecule has 3 N–H and O–H groups in total. The van der Waals surface area contributed by atoms with Gasteiger partial charge in [0.25, 0.3) is 0 Å². The molecule has 0 spiro atoms. The van der Waals surface area contributed by atoms with Gasteiger partial charge in [-0.3, -0.25) is 5.43 Å². The number of hydrogen-bond donors (Lipinski definition) is 2. The van der Waals surface area contributed by atoms with E-state index in [0.717, 1.165) is 15.6 Å². The van der Waals surface area contributed by atoms with E-state index >= 15 is 0 Å². The molecule has 0 saturated heterocycles. The van der Waals surface area contributed by atoms with E-state index in [4.69, 9.17) is 39.0 Å². The molecule has 0 amide bonds. The summed E-state index contributed by atoms with van der Waals surface area (Å²) in [6.45, 7) is 0.332. The van der Waals surface area contributed by atoms with E-state index in [1.807, 2.05) is 24.3 Å². The second-order valence-corrected chi connectivity index (χ2v) is 6.34. The molecule has 0 aromatic heterocycles. The van der Waals surface area contributed by atoms with Crippen molar-refractivity contribution in [1.82, 2.24) is 5.43 Å². The van der Waals surface area contributed by atoms with E-state index < -0.39 is 0 Å². The van der Waals surface area contributed by atoms with Crippen LogP contribution in [0.3, 0.4) is 0 Å². The van der Waals surface area contributed by atoms with Crippen LogP contribution in [-0.4, -0.2) is 18.4 Å². The predicted molar refractivity (Wildman–Crippen MR) is 104 cm³/mol. The highest BCUT2D eigenvalue weighted by Gasteiger charge is 2.10. The molecule has 0 fully saturated rings. The lowest BCUT2D eigenvalue weighted by Gasteiger charge is -2.13. The molecular weight excluding hydrogens is 414 g/mol. The fourth-order valence-electron chi connectivity index (χ4n) is 1.86. The number of hydrazone groups is 1. The second-order valence-electron chi connectivity index (χ2n) is 4.64. The number of rotatable bonds is 6. The van der Waals surface area contributed by atoms with Crippen LogP contribution in [0, 0.1) is 0 Å². The second kappa shape index (κ2) is 8.86. The number of ether oxygens (including phenoxy) is 2. The summed E-state index contributed by atoms with van der Waals surface area (Å²) in [5.41, 5.74) is 9.49. The predicted octanol–water partition coefficient (Wildman–Crippen LogP) is 3.86. The van der Waals surface area contributed by atoms with Crippen LogP contribution in [0.5, 0.6) is 11.5 Å². The van der Waals surface area contributed by atoms with E-state index in [-0.39, 0.29) is 5.11 Å². The molecule has 126 valence electrons. The molecule has 2 aromatic rings. The molecule has 5 nitrogen and oxygen atoms in total. The molecule has 0 aliphatic rings. The van der Waals surface area contributed by atoms with Crippen LogP contribution in [0.2, 0.25) is 5.02 Å². The summed E-state index contributed by atoms with van der Waals surface area (Å²) in [5, 5.41) is 4.67. The minimum absolute atomic E-state index is 0.0917. The Labute approximate surface area is 158 Å². The Balaban J connectivity index is 2.18. The lowest BCUT2D eigenvalue weighted by atomic mass is 10.2. The van der Waals surface area contributed by atoms with E-state index in [2.05, 4.69) is 26.5 Å². The number of nitrogens with zero attached hydrogens (tertiary/aromatic N) is 1. The van der Waals surface area contributed by atoms with E-state index in [0.29, 0.717) is 23.1 Å². The molecule has 0 heterocycles. The molecule has 2 rings (SSSR count). The SMILES string of the molecule is COc1cc(C=NNC(N)=S)c(Br)cc1OCc1ccccc1Cl. The first-order chi connectivity index (χ1) is 11.5. The van der Waals surface area contributed by atoms with Crippen LogP contribution >= 0.6 is 39.7 Å². The average molecular weight is 429 g/mol. The first-order valence-corrected chi connectivity index (χ1v) is 8.41. The fourth-order valence-corrected chi connectivity index (χ4v) is 2.53. The van der Waals surface area contributed by atoms with E-state index in [1.165, 1.54) is 0 Å². The summed E-state index contributed by atoms with van der Waals surface area (Å²) in [6, 6.07) is 11.1. The third-order valence-corrected chi connectivity index (χ3v) is 4.15. The van der Waals surface area contributed by atoms with Crippen molar-refractivity contribution in [1.29, 1.82) is 0 Å². The quantitative estimate of drug-likeness (QED) is 0.415. The highest BCUT2D eigenvalue weighted by atomic mass is 79.9. The zero-order valence-corrected chi connectivity index (χ0v) is 15.9. The number of halogens is 2. The Morgan fingerprint density at radius 2 is 2.12 bits per heavy atom. The van der Waals surface area contributed by atoms with Crippen molar-refractivity contribution in [3.05, 3.63) is 57.0 Å². The van der Waals surface area contributed by atoms with Crippen molar-refractivity contribution < 1.29 is 9.47 Å². The lowest BCUT2D eigenvalue weighted by Crippen LogP contribution is -2.24. The van der Waals surface area contributed by atoms with Gasteiger partial charge in [0.2, 0.25) is 0 Å². The summed E-state index contributed by atoms with van der Waals surface area (Å²) >= 11 is 14.3. The van der Waals surface area contributed by atoms with Crippen molar-refractivity contribution >= 4 is 51.1 Å². The van der Waals surface area contributed by atoms with Gasteiger partial charge in [-0.2, -0.15) is 5.10 Å². The Morgan fingerprint density at radius 3 is 2.79 bits per heavy atom. The van der Waals surface area contributed by atoms with Gasteiger partial charge in [0.1, 0.15) is 6.61 Å². The average Bonchev–Trinajstić information content (AvgIpc) is 2.55. The normalized spacial score (nSPS) is 10.6. The van der Waals surface area contributed by atoms with Crippen molar-refractivity contribution in [3.63, 3.8) is 0 Å². The van der Waals surface area contributed by atoms with Crippen molar-refractivity contribution in [2.75, 3.05) is 7.11 Å². The number of methoxy groups -OCH3 is 1. The van der Waals surface area contributed by atoms with Gasteiger partial charge in [0, 0.05) is 20.6 Å². The Morgan fingerprint density at radius 1 is 1.38 bits per heavy atom. The zero-order valence-electron chi connectivity index (χ0n) is 12.8. The number of nitrogens with one attached hydrogen (secondary N) is 1. The number of hydrogen-bond acceptors (Lipinski definition) is 4. The molecule has 0 saturated carbocycles. The largest absolute Gasteiger partial charge is 0.493 e. The molecule has 2 aromatic carbocycles. The molecule has 0 bridgehead atoms. The maximum Gasteiger partial charge on any atom is 0.184 e. The summed E-state index contributed by atoms with van der Waals surface area (Å²) in [6.07, 6.45) is 1.57. The van der Waals surface area contributed by atoms with Crippen molar-refractivity contribution in [3.8, 4) is 11.5 Å². The van der Waals surface area contributed by atoms with Gasteiger partial charge in [0.05, 0.1) is 13.3 Å². The van der Waals surface area contributed by atoms with Gasteiger partial charge in [0.15, 0.2) is 16.6 Å². The standard InChI is InChI=1S/C16H15BrClN3O2S/c1-22-14-6-11(8-20-21-16(19)24)12(17)7-15(14)23-9-10-4-2-3-5-13(10)18/h2-8H,9H2,1H3,(H3,19,21,24). The van der Waals surface area contributed by atoms with E-state index in [1.54, 1.807) is 25.5 Å². The van der Waals surface area contributed by atoms with Crippen LogP contribution in [0.15, 0.2) is 46.0 Å². The number of thiocarbonyl (C=S) groups is 1. The number of benzene rings is 2. The molecule has 0 aliphatic carbocycles. The summed E-state index contributed by atoms with van der Waals surface area (Å²) < 4.78 is 12.0. The lowest BCUT2D eigenvalue weighted by molar-refractivity contribution is 0.284. The highest BCUT2D eigenvalue weighted by Crippen LogP contribution is 2.33. The van der Waals surface area contributed by atoms with Crippen LogP contribution in [0.25, 0.3) is 0 Å². The Bertz CT molecular complexity index is 771. The van der Waals surface area contributed by atoms with Crippen molar-refractivity contribution in [2.45, 2.75) is 6.61 Å². The first-order valence-electron chi connectivity index (χ1n) is 6.83. The van der Waals surface area contributed by atoms with Crippen LogP contribution < -0.4 is 20.6 Å². The van der Waals surface area contributed by atoms with E-state index in [9.17, 15) is 0 Å². The fraction of sp³-hybridized carbons (Fsp3) is 0.125. The zero-order chi connectivity index (χ0) is 17.5.